The number of imide groups is 1. The molecule has 2 aliphatic rings. The van der Waals surface area contributed by atoms with Crippen LogP contribution in [0.5, 0.6) is 0 Å². The summed E-state index contributed by atoms with van der Waals surface area (Å²) in [4.78, 5) is 30.4. The quantitative estimate of drug-likeness (QED) is 0.193. The number of urea groups is 2. The van der Waals surface area contributed by atoms with Gasteiger partial charge in [0.25, 0.3) is 10.2 Å². The second-order valence-electron chi connectivity index (χ2n) is 16.1. The molecule has 14 nitrogen and oxygen atoms in total. The van der Waals surface area contributed by atoms with Gasteiger partial charge in [0.1, 0.15) is 0 Å². The second-order valence-corrected chi connectivity index (χ2v) is 19.9. The first-order chi connectivity index (χ1) is 27.9. The third-order valence-corrected chi connectivity index (χ3v) is 13.1. The molecule has 2 aromatic rings. The Hall–Kier alpha value is -3.25. The molecule has 23 heteroatoms. The monoisotopic (exact) mass is 934 g/mol. The average Bonchev–Trinajstić information content (AvgIpc) is 3.10. The predicted molar refractivity (Wildman–Crippen MR) is 224 cm³/mol. The minimum Gasteiger partial charge on any atom is -0.306 e. The summed E-state index contributed by atoms with van der Waals surface area (Å²) >= 11 is 6.39. The number of amides is 4. The maximum absolute atomic E-state index is 14.1. The number of carbonyl (C=O) groups excluding carboxylic acids is 2. The van der Waals surface area contributed by atoms with E-state index in [1.54, 1.807) is 12.1 Å². The molecular weight excluding hydrogens is 878 g/mol. The number of rotatable bonds is 11. The summed E-state index contributed by atoms with van der Waals surface area (Å²) in [5.41, 5.74) is 3.54. The molecular formula is C38H57ClF6N8O6S2. The molecule has 2 fully saturated rings. The van der Waals surface area contributed by atoms with Gasteiger partial charge in [-0.3, -0.25) is 9.80 Å². The van der Waals surface area contributed by atoms with Crippen LogP contribution < -0.4 is 15.8 Å². The van der Waals surface area contributed by atoms with Crippen LogP contribution in [0.25, 0.3) is 0 Å². The molecule has 0 spiro atoms. The van der Waals surface area contributed by atoms with Crippen LogP contribution in [0.2, 0.25) is 5.02 Å². The number of para-hydroxylation sites is 1. The molecule has 0 unspecified atom stereocenters. The Kier molecular flexibility index (Phi) is 17.9. The van der Waals surface area contributed by atoms with E-state index in [0.29, 0.717) is 27.5 Å². The Morgan fingerprint density at radius 2 is 0.967 bits per heavy atom. The molecule has 0 atom stereocenters. The molecule has 2 saturated heterocycles. The first-order valence-electron chi connectivity index (χ1n) is 19.7. The van der Waals surface area contributed by atoms with E-state index in [-0.39, 0.29) is 80.3 Å². The van der Waals surface area contributed by atoms with E-state index in [9.17, 15) is 52.8 Å². The average molecular weight is 935 g/mol. The molecule has 346 valence electrons. The molecule has 4 rings (SSSR count). The van der Waals surface area contributed by atoms with Gasteiger partial charge in [0, 0.05) is 68.8 Å². The number of hydrogen-bond donors (Lipinski definition) is 3. The topological polar surface area (TPSA) is 169 Å². The standard InChI is InChI=1S/C32H45ClF3N5O4S.C6H12F3N3O2S/c1-19(2)24-10-9-11-25(20(3)4)28(24)37-30(42)41(46(44,45)40-14-12-39(13-15-40)18-32(34,35)36)31(43)38-29-26(21(5)6)16-23(33)17-27(29)22(7)8;7-6(8,9)5-11-1-3-12(4-2-11)15(10,13)14/h9-11,16-17,19-22H,12-15,18H2,1-8H3,(H,37,42)(H,38,43);1-5H2,(H2,10,13,14). The van der Waals surface area contributed by atoms with Crippen molar-refractivity contribution in [2.24, 2.45) is 5.14 Å². The highest BCUT2D eigenvalue weighted by molar-refractivity contribution is 7.88. The maximum atomic E-state index is 14.1. The number of nitrogens with one attached hydrogen (secondary N) is 2. The number of nitrogens with zero attached hydrogens (tertiary/aromatic N) is 5. The van der Waals surface area contributed by atoms with Crippen LogP contribution in [0.15, 0.2) is 30.3 Å². The van der Waals surface area contributed by atoms with Gasteiger partial charge in [-0.15, -0.1) is 4.31 Å². The fourth-order valence-electron chi connectivity index (χ4n) is 6.90. The van der Waals surface area contributed by atoms with Gasteiger partial charge in [0.05, 0.1) is 13.1 Å². The number of piperazine rings is 2. The smallest absolute Gasteiger partial charge is 0.306 e. The van der Waals surface area contributed by atoms with E-state index >= 15 is 0 Å². The molecule has 2 heterocycles. The van der Waals surface area contributed by atoms with E-state index < -0.39 is 57.9 Å². The van der Waals surface area contributed by atoms with Crippen molar-refractivity contribution >= 4 is 55.5 Å². The molecule has 0 radical (unpaired) electrons. The van der Waals surface area contributed by atoms with Crippen LogP contribution in [0.3, 0.4) is 0 Å². The lowest BCUT2D eigenvalue weighted by Gasteiger charge is -2.36. The molecule has 0 bridgehead atoms. The number of halogens is 7. The highest BCUT2D eigenvalue weighted by atomic mass is 35.5. The Morgan fingerprint density at radius 1 is 0.639 bits per heavy atom. The van der Waals surface area contributed by atoms with Crippen molar-refractivity contribution in [1.82, 2.24) is 22.7 Å². The normalized spacial score (nSPS) is 16.9. The number of anilines is 2. The van der Waals surface area contributed by atoms with Crippen LogP contribution in [0.4, 0.5) is 47.3 Å². The van der Waals surface area contributed by atoms with Crippen molar-refractivity contribution in [2.45, 2.75) is 91.4 Å². The largest absolute Gasteiger partial charge is 0.401 e. The minimum absolute atomic E-state index is 0.00884. The summed E-state index contributed by atoms with van der Waals surface area (Å²) in [5, 5.41) is 10.7. The Balaban J connectivity index is 0.000000555. The van der Waals surface area contributed by atoms with Crippen molar-refractivity contribution in [3.63, 3.8) is 0 Å². The van der Waals surface area contributed by atoms with Crippen LogP contribution in [0.1, 0.15) is 101 Å². The summed E-state index contributed by atoms with van der Waals surface area (Å²) < 4.78 is 127. The highest BCUT2D eigenvalue weighted by Gasteiger charge is 2.42. The highest BCUT2D eigenvalue weighted by Crippen LogP contribution is 2.37. The summed E-state index contributed by atoms with van der Waals surface area (Å²) in [6.45, 7) is 12.1. The van der Waals surface area contributed by atoms with E-state index in [2.05, 4.69) is 10.6 Å². The van der Waals surface area contributed by atoms with E-state index in [0.717, 1.165) is 29.5 Å². The number of carbonyl (C=O) groups is 2. The lowest BCUT2D eigenvalue weighted by molar-refractivity contribution is -0.148. The van der Waals surface area contributed by atoms with Gasteiger partial charge in [-0.2, -0.15) is 51.8 Å². The molecule has 61 heavy (non-hydrogen) atoms. The zero-order chi connectivity index (χ0) is 46.4. The minimum atomic E-state index is -4.86. The van der Waals surface area contributed by atoms with Gasteiger partial charge in [0.2, 0.25) is 0 Å². The van der Waals surface area contributed by atoms with Gasteiger partial charge in [-0.25, -0.2) is 14.7 Å². The fraction of sp³-hybridized carbons (Fsp3) is 0.632. The molecule has 2 aromatic carbocycles. The molecule has 0 aliphatic carbocycles. The van der Waals surface area contributed by atoms with Gasteiger partial charge in [0.15, 0.2) is 0 Å². The summed E-state index contributed by atoms with van der Waals surface area (Å²) in [6, 6.07) is 6.42. The third kappa shape index (κ3) is 14.9. The Morgan fingerprint density at radius 3 is 1.28 bits per heavy atom. The predicted octanol–water partition coefficient (Wildman–Crippen LogP) is 7.69. The van der Waals surface area contributed by atoms with Crippen molar-refractivity contribution in [3.05, 3.63) is 57.6 Å². The van der Waals surface area contributed by atoms with Crippen LogP contribution in [-0.4, -0.2) is 129 Å². The summed E-state index contributed by atoms with van der Waals surface area (Å²) in [7, 11) is -8.63. The second kappa shape index (κ2) is 21.0. The Labute approximate surface area is 360 Å². The molecule has 0 saturated carbocycles. The maximum Gasteiger partial charge on any atom is 0.401 e. The van der Waals surface area contributed by atoms with Crippen molar-refractivity contribution in [2.75, 3.05) is 76.1 Å². The summed E-state index contributed by atoms with van der Waals surface area (Å²) in [6.07, 6.45) is -8.70. The van der Waals surface area contributed by atoms with E-state index in [1.165, 1.54) is 0 Å². The molecule has 2 aliphatic heterocycles. The van der Waals surface area contributed by atoms with Crippen molar-refractivity contribution < 1.29 is 52.8 Å². The number of benzene rings is 2. The van der Waals surface area contributed by atoms with Crippen molar-refractivity contribution in [1.29, 1.82) is 0 Å². The lowest BCUT2D eigenvalue weighted by atomic mass is 9.92. The van der Waals surface area contributed by atoms with E-state index in [4.69, 9.17) is 16.7 Å². The lowest BCUT2D eigenvalue weighted by Crippen LogP contribution is -2.58. The Bertz CT molecular complexity index is 2000. The van der Waals surface area contributed by atoms with E-state index in [1.807, 2.05) is 73.6 Å². The number of alkyl halides is 6. The van der Waals surface area contributed by atoms with Gasteiger partial charge in [-0.1, -0.05) is 85.2 Å². The SMILES string of the molecule is CC(C)c1cccc(C(C)C)c1NC(=O)N(C(=O)Nc1c(C(C)C)cc(Cl)cc1C(C)C)S(=O)(=O)N1CCN(CC(F)(F)F)CC1.NS(=O)(=O)N1CCN(CC(F)(F)F)CC1. The first-order valence-corrected chi connectivity index (χ1v) is 22.9. The zero-order valence-corrected chi connectivity index (χ0v) is 37.9. The molecule has 4 amide bonds. The molecule has 0 aromatic heterocycles. The zero-order valence-electron chi connectivity index (χ0n) is 35.5. The number of nitrogens with two attached hydrogens (primary N) is 1. The van der Waals surface area contributed by atoms with Crippen LogP contribution >= 0.6 is 11.6 Å². The van der Waals surface area contributed by atoms with Crippen LogP contribution in [0, 0.1) is 0 Å². The first kappa shape index (κ1) is 52.1. The van der Waals surface area contributed by atoms with Gasteiger partial charge >= 0.3 is 34.6 Å². The number of hydrogen-bond acceptors (Lipinski definition) is 8. The van der Waals surface area contributed by atoms with Gasteiger partial charge < -0.3 is 10.6 Å². The summed E-state index contributed by atoms with van der Waals surface area (Å²) in [5.74, 6) is -0.353. The third-order valence-electron chi connectivity index (χ3n) is 10.00. The fourth-order valence-corrected chi connectivity index (χ4v) is 9.17. The van der Waals surface area contributed by atoms with Crippen molar-refractivity contribution in [3.8, 4) is 0 Å². The van der Waals surface area contributed by atoms with Gasteiger partial charge in [-0.05, 0) is 58.1 Å². The molecule has 4 N–H and O–H groups in total. The van der Waals surface area contributed by atoms with Crippen LogP contribution in [-0.2, 0) is 20.4 Å².